The smallest absolute Gasteiger partial charge is 0.240 e. The first kappa shape index (κ1) is 24.7. The van der Waals surface area contributed by atoms with E-state index in [1.165, 1.54) is 13.2 Å². The predicted octanol–water partition coefficient (Wildman–Crippen LogP) is 4.21. The van der Waals surface area contributed by atoms with Gasteiger partial charge < -0.3 is 10.1 Å². The van der Waals surface area contributed by atoms with Crippen LogP contribution < -0.4 is 14.4 Å². The van der Waals surface area contributed by atoms with Gasteiger partial charge in [-0.3, -0.25) is 9.10 Å². The summed E-state index contributed by atoms with van der Waals surface area (Å²) in [4.78, 5) is 12.3. The Morgan fingerprint density at radius 2 is 1.90 bits per heavy atom. The molecule has 0 fully saturated rings. The predicted molar refractivity (Wildman–Crippen MR) is 125 cm³/mol. The summed E-state index contributed by atoms with van der Waals surface area (Å²) in [6, 6.07) is 12.3. The Balaban J connectivity index is 1.82. The molecule has 0 aliphatic rings. The molecule has 10 heteroatoms. The lowest BCUT2D eigenvalue weighted by molar-refractivity contribution is -0.119. The van der Waals surface area contributed by atoms with Gasteiger partial charge >= 0.3 is 0 Å². The number of sulfonamides is 1. The van der Waals surface area contributed by atoms with E-state index in [0.29, 0.717) is 18.0 Å². The van der Waals surface area contributed by atoms with Crippen LogP contribution in [0.15, 0.2) is 42.5 Å². The molecule has 0 bridgehead atoms. The first-order valence-electron chi connectivity index (χ1n) is 9.11. The number of hydrogen-bond donors (Lipinski definition) is 1. The number of carbonyl (C=O) groups is 1. The van der Waals surface area contributed by atoms with E-state index in [-0.39, 0.29) is 17.5 Å². The molecule has 2 rings (SSSR count). The molecule has 30 heavy (non-hydrogen) atoms. The van der Waals surface area contributed by atoms with Crippen molar-refractivity contribution in [2.75, 3.05) is 36.5 Å². The lowest BCUT2D eigenvalue weighted by Gasteiger charge is -2.22. The second-order valence-corrected chi connectivity index (χ2v) is 10.3. The molecule has 0 unspecified atom stereocenters. The Bertz CT molecular complexity index is 971. The van der Waals surface area contributed by atoms with E-state index in [4.69, 9.17) is 27.9 Å². The van der Waals surface area contributed by atoms with Crippen molar-refractivity contribution in [3.8, 4) is 5.75 Å². The van der Waals surface area contributed by atoms with Gasteiger partial charge in [-0.2, -0.15) is 11.8 Å². The highest BCUT2D eigenvalue weighted by Gasteiger charge is 2.21. The van der Waals surface area contributed by atoms with Crippen molar-refractivity contribution in [3.05, 3.63) is 58.1 Å². The summed E-state index contributed by atoms with van der Waals surface area (Å²) in [7, 11) is -2.20. The quantitative estimate of drug-likeness (QED) is 0.477. The highest BCUT2D eigenvalue weighted by atomic mass is 35.5. The molecule has 0 aliphatic heterocycles. The van der Waals surface area contributed by atoms with Crippen molar-refractivity contribution in [2.45, 2.75) is 12.2 Å². The van der Waals surface area contributed by atoms with Crippen molar-refractivity contribution in [1.29, 1.82) is 0 Å². The molecule has 1 amide bonds. The van der Waals surface area contributed by atoms with Gasteiger partial charge in [0.05, 0.1) is 24.1 Å². The highest BCUT2D eigenvalue weighted by molar-refractivity contribution is 7.98. The van der Waals surface area contributed by atoms with Gasteiger partial charge in [0.2, 0.25) is 15.9 Å². The minimum absolute atomic E-state index is 0.264. The maximum Gasteiger partial charge on any atom is 0.240 e. The van der Waals surface area contributed by atoms with Gasteiger partial charge in [-0.1, -0.05) is 41.4 Å². The minimum Gasteiger partial charge on any atom is -0.495 e. The molecule has 0 atom stereocenters. The SMILES string of the molecule is COc1ccc(N(CC(=O)NCCCSCc2ccccc2Cl)S(C)(=O)=O)cc1Cl. The summed E-state index contributed by atoms with van der Waals surface area (Å²) in [5, 5.41) is 3.77. The number of ether oxygens (including phenoxy) is 1. The van der Waals surface area contributed by atoms with Crippen molar-refractivity contribution in [2.24, 2.45) is 0 Å². The zero-order valence-electron chi connectivity index (χ0n) is 16.7. The third kappa shape index (κ3) is 7.58. The Morgan fingerprint density at radius 1 is 1.17 bits per heavy atom. The Morgan fingerprint density at radius 3 is 2.53 bits per heavy atom. The molecule has 2 aromatic rings. The molecule has 0 saturated heterocycles. The molecule has 164 valence electrons. The minimum atomic E-state index is -3.67. The summed E-state index contributed by atoms with van der Waals surface area (Å²) < 4.78 is 30.4. The van der Waals surface area contributed by atoms with Gasteiger partial charge in [0.15, 0.2) is 0 Å². The van der Waals surface area contributed by atoms with E-state index in [9.17, 15) is 13.2 Å². The topological polar surface area (TPSA) is 75.7 Å². The van der Waals surface area contributed by atoms with Crippen LogP contribution in [0.1, 0.15) is 12.0 Å². The van der Waals surface area contributed by atoms with Crippen LogP contribution in [0, 0.1) is 0 Å². The van der Waals surface area contributed by atoms with Crippen LogP contribution in [0.3, 0.4) is 0 Å². The molecule has 0 radical (unpaired) electrons. The first-order chi connectivity index (χ1) is 14.2. The van der Waals surface area contributed by atoms with E-state index in [2.05, 4.69) is 5.32 Å². The van der Waals surface area contributed by atoms with E-state index in [0.717, 1.165) is 39.1 Å². The number of anilines is 1. The number of nitrogens with zero attached hydrogens (tertiary/aromatic N) is 1. The van der Waals surface area contributed by atoms with Gasteiger partial charge in [-0.25, -0.2) is 8.42 Å². The summed E-state index contributed by atoms with van der Waals surface area (Å²) >= 11 is 13.9. The van der Waals surface area contributed by atoms with Crippen molar-refractivity contribution < 1.29 is 17.9 Å². The number of hydrogen-bond acceptors (Lipinski definition) is 5. The summed E-state index contributed by atoms with van der Waals surface area (Å²) in [5.74, 6) is 1.68. The number of carbonyl (C=O) groups excluding carboxylic acids is 1. The highest BCUT2D eigenvalue weighted by Crippen LogP contribution is 2.30. The number of halogens is 2. The largest absolute Gasteiger partial charge is 0.495 e. The fourth-order valence-electron chi connectivity index (χ4n) is 2.60. The van der Waals surface area contributed by atoms with Crippen LogP contribution in [0.4, 0.5) is 5.69 Å². The Hall–Kier alpha value is -1.61. The lowest BCUT2D eigenvalue weighted by Crippen LogP contribution is -2.40. The zero-order chi connectivity index (χ0) is 22.1. The molecule has 2 aromatic carbocycles. The lowest BCUT2D eigenvalue weighted by atomic mass is 10.2. The fourth-order valence-corrected chi connectivity index (χ4v) is 4.94. The molecule has 0 spiro atoms. The van der Waals surface area contributed by atoms with Gasteiger partial charge in [0.25, 0.3) is 0 Å². The Labute approximate surface area is 191 Å². The zero-order valence-corrected chi connectivity index (χ0v) is 19.9. The van der Waals surface area contributed by atoms with Crippen molar-refractivity contribution >= 4 is 56.6 Å². The normalized spacial score (nSPS) is 11.2. The third-order valence-electron chi connectivity index (χ3n) is 4.11. The number of benzene rings is 2. The van der Waals surface area contributed by atoms with Gasteiger partial charge in [-0.05, 0) is 42.0 Å². The average Bonchev–Trinajstić information content (AvgIpc) is 2.69. The molecule has 1 N–H and O–H groups in total. The Kier molecular flexibility index (Phi) is 9.61. The molecule has 0 aliphatic carbocycles. The second-order valence-electron chi connectivity index (χ2n) is 6.44. The molecular formula is C20H24Cl2N2O4S2. The van der Waals surface area contributed by atoms with Crippen LogP contribution in [-0.4, -0.2) is 46.5 Å². The van der Waals surface area contributed by atoms with Gasteiger partial charge in [0, 0.05) is 17.3 Å². The monoisotopic (exact) mass is 490 g/mol. The van der Waals surface area contributed by atoms with Gasteiger partial charge in [-0.15, -0.1) is 0 Å². The van der Waals surface area contributed by atoms with E-state index >= 15 is 0 Å². The maximum atomic E-state index is 12.3. The number of thioether (sulfide) groups is 1. The summed E-state index contributed by atoms with van der Waals surface area (Å²) in [6.45, 7) is 0.129. The molecule has 0 saturated carbocycles. The third-order valence-corrected chi connectivity index (χ3v) is 7.01. The second kappa shape index (κ2) is 11.7. The molecule has 0 heterocycles. The van der Waals surface area contributed by atoms with E-state index < -0.39 is 10.0 Å². The van der Waals surface area contributed by atoms with Crippen LogP contribution in [-0.2, 0) is 20.6 Å². The average molecular weight is 491 g/mol. The van der Waals surface area contributed by atoms with Crippen LogP contribution >= 0.6 is 35.0 Å². The number of methoxy groups -OCH3 is 1. The molecular weight excluding hydrogens is 467 g/mol. The van der Waals surface area contributed by atoms with Gasteiger partial charge in [0.1, 0.15) is 12.3 Å². The van der Waals surface area contributed by atoms with Crippen LogP contribution in [0.2, 0.25) is 10.0 Å². The van der Waals surface area contributed by atoms with E-state index in [1.54, 1.807) is 23.9 Å². The summed E-state index contributed by atoms with van der Waals surface area (Å²) in [6.07, 6.45) is 1.80. The molecule has 6 nitrogen and oxygen atoms in total. The van der Waals surface area contributed by atoms with Crippen LogP contribution in [0.25, 0.3) is 0 Å². The standard InChI is InChI=1S/C20H24Cl2N2O4S2/c1-28-19-9-8-16(12-18(19)22)24(30(2,26)27)13-20(25)23-10-5-11-29-14-15-6-3-4-7-17(15)21/h3-4,6-9,12H,5,10-11,13-14H2,1-2H3,(H,23,25). The maximum absolute atomic E-state index is 12.3. The fraction of sp³-hybridized carbons (Fsp3) is 0.350. The summed E-state index contributed by atoms with van der Waals surface area (Å²) in [5.41, 5.74) is 1.38. The number of rotatable bonds is 11. The molecule has 0 aromatic heterocycles. The number of amides is 1. The van der Waals surface area contributed by atoms with Crippen molar-refractivity contribution in [1.82, 2.24) is 5.32 Å². The van der Waals surface area contributed by atoms with Crippen LogP contribution in [0.5, 0.6) is 5.75 Å². The van der Waals surface area contributed by atoms with Crippen molar-refractivity contribution in [3.63, 3.8) is 0 Å². The van der Waals surface area contributed by atoms with E-state index in [1.807, 2.05) is 24.3 Å². The number of nitrogens with one attached hydrogen (secondary N) is 1. The first-order valence-corrected chi connectivity index (χ1v) is 12.9.